The van der Waals surface area contributed by atoms with Gasteiger partial charge in [-0.25, -0.2) is 9.98 Å². The third-order valence-corrected chi connectivity index (χ3v) is 15.6. The van der Waals surface area contributed by atoms with Crippen LogP contribution in [-0.2, 0) is 10.8 Å². The van der Waals surface area contributed by atoms with Crippen molar-refractivity contribution < 1.29 is 0 Å². The molecule has 0 radical (unpaired) electrons. The van der Waals surface area contributed by atoms with E-state index in [1.165, 1.54) is 82.3 Å². The summed E-state index contributed by atoms with van der Waals surface area (Å²) in [6.45, 7) is 9.52. The molecule has 310 valence electrons. The molecular formula is C61H45N3S. The van der Waals surface area contributed by atoms with E-state index < -0.39 is 0 Å². The number of aromatic nitrogens is 1. The minimum atomic E-state index is -0.237. The fraction of sp³-hybridized carbons (Fsp3) is 0.115. The van der Waals surface area contributed by atoms with E-state index in [1.54, 1.807) is 11.3 Å². The average Bonchev–Trinajstić information content (AvgIpc) is 4.06. The van der Waals surface area contributed by atoms with Crippen LogP contribution in [0.4, 0.5) is 17.1 Å². The minimum absolute atomic E-state index is 0.110. The molecule has 3 nitrogen and oxygen atoms in total. The molecule has 8 aromatic carbocycles. The summed E-state index contributed by atoms with van der Waals surface area (Å²) in [5, 5.41) is 3.30. The third kappa shape index (κ3) is 5.80. The number of nitrogens with zero attached hydrogens (tertiary/aromatic N) is 3. The van der Waals surface area contributed by atoms with Crippen molar-refractivity contribution in [1.29, 1.82) is 0 Å². The number of fused-ring (bicyclic) bond motifs is 9. The molecule has 0 fully saturated rings. The Balaban J connectivity index is 0.893. The van der Waals surface area contributed by atoms with E-state index in [1.807, 2.05) is 0 Å². The van der Waals surface area contributed by atoms with Gasteiger partial charge in [0.2, 0.25) is 0 Å². The summed E-state index contributed by atoms with van der Waals surface area (Å²) in [5.74, 6) is 0. The normalized spacial score (nSPS) is 15.5. The van der Waals surface area contributed by atoms with Gasteiger partial charge in [-0.05, 0) is 128 Å². The molecule has 0 spiro atoms. The first-order valence-electron chi connectivity index (χ1n) is 22.7. The highest BCUT2D eigenvalue weighted by Crippen LogP contribution is 2.54. The van der Waals surface area contributed by atoms with E-state index in [0.29, 0.717) is 0 Å². The van der Waals surface area contributed by atoms with Crippen LogP contribution >= 0.6 is 11.3 Å². The van der Waals surface area contributed by atoms with Crippen molar-refractivity contribution >= 4 is 49.8 Å². The average molecular weight is 852 g/mol. The number of benzene rings is 8. The van der Waals surface area contributed by atoms with Crippen LogP contribution in [0.15, 0.2) is 199 Å². The Labute approximate surface area is 383 Å². The number of rotatable bonds is 6. The van der Waals surface area contributed by atoms with Crippen molar-refractivity contribution in [3.63, 3.8) is 0 Å². The molecule has 1 aliphatic heterocycles. The quantitative estimate of drug-likeness (QED) is 0.167. The molecule has 0 unspecified atom stereocenters. The highest BCUT2D eigenvalue weighted by molar-refractivity contribution is 7.21. The maximum absolute atomic E-state index is 5.35. The van der Waals surface area contributed by atoms with Crippen LogP contribution in [-0.4, -0.2) is 4.98 Å². The maximum Gasteiger partial charge on any atom is 0.124 e. The summed E-state index contributed by atoms with van der Waals surface area (Å²) in [6.07, 6.45) is 5.45. The van der Waals surface area contributed by atoms with Gasteiger partial charge in [0.25, 0.3) is 0 Å². The van der Waals surface area contributed by atoms with Gasteiger partial charge in [0.05, 0.1) is 21.3 Å². The molecule has 9 aromatic rings. The first kappa shape index (κ1) is 38.1. The van der Waals surface area contributed by atoms with Crippen LogP contribution < -0.4 is 15.5 Å². The maximum atomic E-state index is 5.35. The van der Waals surface area contributed by atoms with Gasteiger partial charge in [0.15, 0.2) is 0 Å². The largest absolute Gasteiger partial charge is 0.310 e. The fourth-order valence-electron chi connectivity index (χ4n) is 11.1. The summed E-state index contributed by atoms with van der Waals surface area (Å²) >= 11 is 1.74. The zero-order chi connectivity index (χ0) is 43.6. The Morgan fingerprint density at radius 2 is 1.05 bits per heavy atom. The van der Waals surface area contributed by atoms with Gasteiger partial charge in [-0.15, -0.1) is 11.3 Å². The highest BCUT2D eigenvalue weighted by Gasteiger charge is 2.38. The molecule has 13 rings (SSSR count). The van der Waals surface area contributed by atoms with Crippen LogP contribution in [0.3, 0.4) is 0 Å². The molecule has 0 atom stereocenters. The van der Waals surface area contributed by atoms with Crippen molar-refractivity contribution in [2.75, 3.05) is 4.90 Å². The number of hydrogen-bond acceptors (Lipinski definition) is 4. The summed E-state index contributed by atoms with van der Waals surface area (Å²) in [5.41, 5.74) is 23.2. The van der Waals surface area contributed by atoms with E-state index in [2.05, 4.69) is 221 Å². The molecule has 0 saturated carbocycles. The van der Waals surface area contributed by atoms with E-state index in [9.17, 15) is 0 Å². The Kier molecular flexibility index (Phi) is 8.23. The molecule has 1 aromatic heterocycles. The van der Waals surface area contributed by atoms with Gasteiger partial charge in [0, 0.05) is 44.2 Å². The van der Waals surface area contributed by atoms with Crippen LogP contribution in [0.5, 0.6) is 0 Å². The Bertz CT molecular complexity index is 3660. The van der Waals surface area contributed by atoms with E-state index in [-0.39, 0.29) is 10.8 Å². The molecule has 65 heavy (non-hydrogen) atoms. The van der Waals surface area contributed by atoms with Crippen LogP contribution in [0.2, 0.25) is 0 Å². The number of allylic oxidation sites excluding steroid dienone is 4. The second-order valence-corrected chi connectivity index (χ2v) is 20.0. The molecule has 4 aliphatic rings. The molecule has 0 amide bonds. The highest BCUT2D eigenvalue weighted by atomic mass is 32.1. The second-order valence-electron chi connectivity index (χ2n) is 18.9. The number of thiazole rings is 1. The Hall–Kier alpha value is -7.40. The second kappa shape index (κ2) is 14.0. The van der Waals surface area contributed by atoms with Crippen LogP contribution in [0.25, 0.3) is 65.3 Å². The fourth-order valence-corrected chi connectivity index (χ4v) is 12.1. The van der Waals surface area contributed by atoms with Gasteiger partial charge in [-0.2, -0.15) is 0 Å². The van der Waals surface area contributed by atoms with E-state index in [0.717, 1.165) is 50.6 Å². The van der Waals surface area contributed by atoms with Crippen LogP contribution in [0, 0.1) is 0 Å². The zero-order valence-corrected chi connectivity index (χ0v) is 37.7. The van der Waals surface area contributed by atoms with Crippen molar-refractivity contribution in [2.45, 2.75) is 44.9 Å². The monoisotopic (exact) mass is 851 g/mol. The standard InChI is InChI=1S/C61H45N3S/c1-60(2)51-21-12-11-18-45(51)47-30-27-42(33-53(47)60)64(41-25-22-38(23-26-41)37-14-7-5-8-15-37)43-28-31-48-46-29-24-40(32-52(46)61(3,4)54(48)34-43)44-19-13-20-49-50-35-56-57(36-55(50)62-58(44)49)65-59(63-56)39-16-9-6-10-17-39/h5-19,21-36H,20H2,1-4H3. The smallest absolute Gasteiger partial charge is 0.124 e. The summed E-state index contributed by atoms with van der Waals surface area (Å²) in [4.78, 5) is 12.9. The lowest BCUT2D eigenvalue weighted by atomic mass is 9.81. The molecular weight excluding hydrogens is 807 g/mol. The van der Waals surface area contributed by atoms with Crippen molar-refractivity contribution in [3.8, 4) is 44.0 Å². The van der Waals surface area contributed by atoms with Crippen LogP contribution in [0.1, 0.15) is 61.9 Å². The predicted octanol–water partition coefficient (Wildman–Crippen LogP) is 14.9. The first-order valence-corrected chi connectivity index (χ1v) is 23.5. The molecule has 4 heteroatoms. The minimum Gasteiger partial charge on any atom is -0.310 e. The lowest BCUT2D eigenvalue weighted by Gasteiger charge is -2.30. The SMILES string of the molecule is CC1(C)c2ccccc2-c2ccc(N(c3ccc(-c4ccccc4)cc3)c3ccc4c(c3)C(C)(C)c3cc(C5=C6N=c7cc8sc(-c9ccccc9)nc8cc7=C6CC=C5)ccc3-4)cc21. The van der Waals surface area contributed by atoms with Gasteiger partial charge in [-0.3, -0.25) is 0 Å². The van der Waals surface area contributed by atoms with Gasteiger partial charge in [-0.1, -0.05) is 161 Å². The van der Waals surface area contributed by atoms with Crippen molar-refractivity contribution in [1.82, 2.24) is 4.98 Å². The molecule has 2 heterocycles. The summed E-state index contributed by atoms with van der Waals surface area (Å²) in [6, 6.07) is 64.9. The Morgan fingerprint density at radius 3 is 1.75 bits per heavy atom. The third-order valence-electron chi connectivity index (χ3n) is 14.5. The van der Waals surface area contributed by atoms with E-state index in [4.69, 9.17) is 9.98 Å². The lowest BCUT2D eigenvalue weighted by Crippen LogP contribution is -2.22. The molecule has 0 N–H and O–H groups in total. The summed E-state index contributed by atoms with van der Waals surface area (Å²) in [7, 11) is 0. The molecule has 0 bridgehead atoms. The lowest BCUT2D eigenvalue weighted by molar-refractivity contribution is 0.660. The molecule has 0 saturated heterocycles. The van der Waals surface area contributed by atoms with Gasteiger partial charge < -0.3 is 4.90 Å². The van der Waals surface area contributed by atoms with Gasteiger partial charge in [0.1, 0.15) is 5.01 Å². The topological polar surface area (TPSA) is 28.5 Å². The number of anilines is 3. The first-order chi connectivity index (χ1) is 31.7. The van der Waals surface area contributed by atoms with Crippen molar-refractivity contribution in [3.05, 3.63) is 232 Å². The number of hydrogen-bond donors (Lipinski definition) is 0. The Morgan fingerprint density at radius 1 is 0.492 bits per heavy atom. The predicted molar refractivity (Wildman–Crippen MR) is 272 cm³/mol. The van der Waals surface area contributed by atoms with Gasteiger partial charge >= 0.3 is 0 Å². The van der Waals surface area contributed by atoms with Crippen molar-refractivity contribution in [2.24, 2.45) is 4.99 Å². The zero-order valence-electron chi connectivity index (χ0n) is 36.9. The molecule has 3 aliphatic carbocycles. The van der Waals surface area contributed by atoms with E-state index >= 15 is 0 Å². The summed E-state index contributed by atoms with van der Waals surface area (Å²) < 4.78 is 1.17.